The molecule has 3 aromatic rings. The minimum absolute atomic E-state index is 0.140. The van der Waals surface area contributed by atoms with E-state index in [2.05, 4.69) is 37.7 Å². The molecule has 2 aromatic heterocycles. The zero-order chi connectivity index (χ0) is 25.8. The van der Waals surface area contributed by atoms with Crippen molar-refractivity contribution in [1.29, 1.82) is 0 Å². The van der Waals surface area contributed by atoms with Gasteiger partial charge in [0.15, 0.2) is 11.0 Å². The number of carbonyl (C=O) groups is 1. The SMILES string of the molecule is Cc1[nH]nc(Nc2cc(N3CCN(C)CC3)nc(Sc3ccc(NC(=O)C4CCCCC4)cc3)n2)c1C. The Balaban J connectivity index is 1.32. The summed E-state index contributed by atoms with van der Waals surface area (Å²) in [5.41, 5.74) is 2.93. The molecule has 2 fully saturated rings. The van der Waals surface area contributed by atoms with Crippen molar-refractivity contribution in [3.8, 4) is 0 Å². The maximum Gasteiger partial charge on any atom is 0.227 e. The highest BCUT2D eigenvalue weighted by atomic mass is 32.2. The minimum atomic E-state index is 0.140. The van der Waals surface area contributed by atoms with Crippen molar-refractivity contribution in [2.24, 2.45) is 5.92 Å². The molecule has 5 rings (SSSR count). The van der Waals surface area contributed by atoms with Crippen LogP contribution in [0.25, 0.3) is 0 Å². The van der Waals surface area contributed by atoms with E-state index < -0.39 is 0 Å². The third-order valence-corrected chi connectivity index (χ3v) is 8.20. The van der Waals surface area contributed by atoms with Crippen LogP contribution in [0.3, 0.4) is 0 Å². The highest BCUT2D eigenvalue weighted by molar-refractivity contribution is 7.99. The van der Waals surface area contributed by atoms with Crippen molar-refractivity contribution in [1.82, 2.24) is 25.1 Å². The van der Waals surface area contributed by atoms with Gasteiger partial charge >= 0.3 is 0 Å². The van der Waals surface area contributed by atoms with Crippen molar-refractivity contribution >= 4 is 40.8 Å². The maximum absolute atomic E-state index is 12.6. The number of aryl methyl sites for hydroxylation is 1. The average Bonchev–Trinajstić information content (AvgIpc) is 3.22. The van der Waals surface area contributed by atoms with Gasteiger partial charge in [0, 0.05) is 60.0 Å². The van der Waals surface area contributed by atoms with Gasteiger partial charge in [0.05, 0.1) is 0 Å². The summed E-state index contributed by atoms with van der Waals surface area (Å²) in [7, 11) is 2.15. The summed E-state index contributed by atoms with van der Waals surface area (Å²) < 4.78 is 0. The topological polar surface area (TPSA) is 102 Å². The zero-order valence-electron chi connectivity index (χ0n) is 21.9. The fourth-order valence-electron chi connectivity index (χ4n) is 4.77. The van der Waals surface area contributed by atoms with E-state index in [4.69, 9.17) is 9.97 Å². The number of hydrogen-bond acceptors (Lipinski definition) is 8. The van der Waals surface area contributed by atoms with Crippen LogP contribution in [0.15, 0.2) is 40.4 Å². The third-order valence-electron chi connectivity index (χ3n) is 7.33. The largest absolute Gasteiger partial charge is 0.354 e. The number of anilines is 4. The molecule has 1 saturated heterocycles. The smallest absolute Gasteiger partial charge is 0.227 e. The summed E-state index contributed by atoms with van der Waals surface area (Å²) in [6.45, 7) is 7.89. The van der Waals surface area contributed by atoms with E-state index in [1.54, 1.807) is 0 Å². The highest BCUT2D eigenvalue weighted by Crippen LogP contribution is 2.31. The van der Waals surface area contributed by atoms with Gasteiger partial charge in [-0.2, -0.15) is 5.10 Å². The molecule has 1 amide bonds. The summed E-state index contributed by atoms with van der Waals surface area (Å²) in [5, 5.41) is 14.6. The molecular weight excluding hydrogens is 484 g/mol. The lowest BCUT2D eigenvalue weighted by molar-refractivity contribution is -0.120. The molecule has 3 N–H and O–H groups in total. The maximum atomic E-state index is 12.6. The quantitative estimate of drug-likeness (QED) is 0.375. The summed E-state index contributed by atoms with van der Waals surface area (Å²) in [6.07, 6.45) is 5.53. The van der Waals surface area contributed by atoms with Crippen LogP contribution >= 0.6 is 11.8 Å². The van der Waals surface area contributed by atoms with Crippen molar-refractivity contribution in [2.75, 3.05) is 48.8 Å². The van der Waals surface area contributed by atoms with Crippen LogP contribution in [0.4, 0.5) is 23.1 Å². The van der Waals surface area contributed by atoms with Crippen LogP contribution in [-0.4, -0.2) is 64.2 Å². The summed E-state index contributed by atoms with van der Waals surface area (Å²) >= 11 is 1.52. The second-order valence-electron chi connectivity index (χ2n) is 10.1. The Morgan fingerprint density at radius 2 is 1.76 bits per heavy atom. The lowest BCUT2D eigenvalue weighted by atomic mass is 9.88. The van der Waals surface area contributed by atoms with E-state index in [0.717, 1.165) is 91.2 Å². The van der Waals surface area contributed by atoms with E-state index in [-0.39, 0.29) is 11.8 Å². The summed E-state index contributed by atoms with van der Waals surface area (Å²) in [6, 6.07) is 9.95. The van der Waals surface area contributed by atoms with Gasteiger partial charge in [-0.05, 0) is 69.8 Å². The molecule has 9 nitrogen and oxygen atoms in total. The number of carbonyl (C=O) groups excluding carboxylic acids is 1. The number of aromatic amines is 1. The molecule has 196 valence electrons. The van der Waals surface area contributed by atoms with Crippen LogP contribution in [0, 0.1) is 19.8 Å². The number of H-pyrrole nitrogens is 1. The zero-order valence-corrected chi connectivity index (χ0v) is 22.7. The molecule has 10 heteroatoms. The standard InChI is InChI=1S/C27H36N8OS/c1-18-19(2)32-33-25(18)29-23-17-24(35-15-13-34(3)14-16-35)31-27(30-23)37-22-11-9-21(10-12-22)28-26(36)20-7-5-4-6-8-20/h9-12,17,20H,4-8,13-16H2,1-3H3,(H,28,36)(H2,29,30,31,32,33). The van der Waals surface area contributed by atoms with Gasteiger partial charge in [0.2, 0.25) is 5.91 Å². The molecule has 0 unspecified atom stereocenters. The summed E-state index contributed by atoms with van der Waals surface area (Å²) in [5.74, 6) is 2.69. The molecule has 0 spiro atoms. The Morgan fingerprint density at radius 1 is 1.03 bits per heavy atom. The van der Waals surface area contributed by atoms with Gasteiger partial charge in [0.1, 0.15) is 11.6 Å². The number of likely N-dealkylation sites (N-methyl/N-ethyl adjacent to an activating group) is 1. The lowest BCUT2D eigenvalue weighted by Crippen LogP contribution is -2.44. The fourth-order valence-corrected chi connectivity index (χ4v) is 5.54. The van der Waals surface area contributed by atoms with Crippen molar-refractivity contribution in [2.45, 2.75) is 56.0 Å². The second-order valence-corrected chi connectivity index (χ2v) is 11.1. The third kappa shape index (κ3) is 6.42. The Morgan fingerprint density at radius 3 is 2.43 bits per heavy atom. The van der Waals surface area contributed by atoms with Crippen molar-refractivity contribution in [3.63, 3.8) is 0 Å². The van der Waals surface area contributed by atoms with E-state index >= 15 is 0 Å². The first kappa shape index (κ1) is 25.5. The van der Waals surface area contributed by atoms with E-state index in [1.807, 2.05) is 44.2 Å². The molecule has 0 bridgehead atoms. The number of hydrogen-bond donors (Lipinski definition) is 3. The van der Waals surface area contributed by atoms with Crippen molar-refractivity contribution < 1.29 is 4.79 Å². The fraction of sp³-hybridized carbons (Fsp3) is 0.481. The van der Waals surface area contributed by atoms with Crippen LogP contribution in [0.5, 0.6) is 0 Å². The second kappa shape index (κ2) is 11.5. The Hall–Kier alpha value is -3.11. The Kier molecular flexibility index (Phi) is 7.95. The van der Waals surface area contributed by atoms with Crippen molar-refractivity contribution in [3.05, 3.63) is 41.6 Å². The molecule has 2 aliphatic rings. The predicted molar refractivity (Wildman–Crippen MR) is 149 cm³/mol. The number of nitrogens with zero attached hydrogens (tertiary/aromatic N) is 5. The molecule has 1 aromatic carbocycles. The molecule has 37 heavy (non-hydrogen) atoms. The molecular formula is C27H36N8OS. The van der Waals surface area contributed by atoms with Gasteiger partial charge in [-0.1, -0.05) is 19.3 Å². The normalized spacial score (nSPS) is 17.1. The van der Waals surface area contributed by atoms with Gasteiger partial charge in [-0.3, -0.25) is 9.89 Å². The number of rotatable bonds is 7. The number of piperazine rings is 1. The first-order valence-corrected chi connectivity index (χ1v) is 14.0. The van der Waals surface area contributed by atoms with E-state index in [1.165, 1.54) is 18.2 Å². The highest BCUT2D eigenvalue weighted by Gasteiger charge is 2.21. The molecule has 1 aliphatic heterocycles. The lowest BCUT2D eigenvalue weighted by Gasteiger charge is -2.33. The predicted octanol–water partition coefficient (Wildman–Crippen LogP) is 4.98. The van der Waals surface area contributed by atoms with Crippen LogP contribution < -0.4 is 15.5 Å². The molecule has 1 saturated carbocycles. The Labute approximate surface area is 222 Å². The number of aromatic nitrogens is 4. The monoisotopic (exact) mass is 520 g/mol. The first-order chi connectivity index (χ1) is 17.9. The van der Waals surface area contributed by atoms with Gasteiger partial charge in [-0.15, -0.1) is 0 Å². The van der Waals surface area contributed by atoms with E-state index in [9.17, 15) is 4.79 Å². The molecule has 3 heterocycles. The summed E-state index contributed by atoms with van der Waals surface area (Å²) in [4.78, 5) is 28.0. The van der Waals surface area contributed by atoms with Gasteiger partial charge in [-0.25, -0.2) is 9.97 Å². The first-order valence-electron chi connectivity index (χ1n) is 13.1. The molecule has 1 aliphatic carbocycles. The average molecular weight is 521 g/mol. The number of nitrogens with one attached hydrogen (secondary N) is 3. The van der Waals surface area contributed by atoms with Gasteiger partial charge in [0.25, 0.3) is 0 Å². The Bertz CT molecular complexity index is 1210. The molecule has 0 radical (unpaired) electrons. The van der Waals surface area contributed by atoms with Crippen LogP contribution in [-0.2, 0) is 4.79 Å². The van der Waals surface area contributed by atoms with E-state index in [0.29, 0.717) is 5.16 Å². The number of amides is 1. The molecule has 0 atom stereocenters. The van der Waals surface area contributed by atoms with Crippen LogP contribution in [0.1, 0.15) is 43.4 Å². The van der Waals surface area contributed by atoms with Crippen LogP contribution in [0.2, 0.25) is 0 Å². The minimum Gasteiger partial charge on any atom is -0.354 e. The van der Waals surface area contributed by atoms with Gasteiger partial charge < -0.3 is 20.4 Å². The number of benzene rings is 1.